The predicted molar refractivity (Wildman–Crippen MR) is 127 cm³/mol. The Morgan fingerprint density at radius 2 is 1.84 bits per heavy atom. The highest BCUT2D eigenvalue weighted by Crippen LogP contribution is 2.33. The Morgan fingerprint density at radius 3 is 2.58 bits per heavy atom. The minimum Gasteiger partial charge on any atom is -0.478 e. The lowest BCUT2D eigenvalue weighted by atomic mass is 10.1. The summed E-state index contributed by atoms with van der Waals surface area (Å²) in [4.78, 5) is 38.3. The minimum absolute atomic E-state index is 0.0664. The molecule has 160 valence electrons. The van der Waals surface area contributed by atoms with Crippen LogP contribution in [0.4, 0.5) is 10.5 Å². The SMILES string of the molecule is O=C(CCCCCN1C(=O)S/C(=C/c2ccccc2)C1=S)Nc1cccc(C(=O)O)c1. The standard InChI is InChI=1S/C23H22N2O4S2/c26-20(24-18-11-7-10-17(15-18)22(27)28)12-5-2-6-13-25-21(30)19(31-23(25)29)14-16-8-3-1-4-9-16/h1,3-4,7-11,14-15H,2,5-6,12-13H2,(H,24,26)(H,27,28)/b19-14+. The third kappa shape index (κ3) is 6.50. The smallest absolute Gasteiger partial charge is 0.335 e. The number of anilines is 1. The summed E-state index contributed by atoms with van der Waals surface area (Å²) in [6, 6.07) is 15.9. The maximum Gasteiger partial charge on any atom is 0.335 e. The van der Waals surface area contributed by atoms with Gasteiger partial charge in [-0.1, -0.05) is 55.0 Å². The molecule has 0 aromatic heterocycles. The van der Waals surface area contributed by atoms with Crippen molar-refractivity contribution in [2.45, 2.75) is 25.7 Å². The molecule has 1 aliphatic rings. The summed E-state index contributed by atoms with van der Waals surface area (Å²) in [6.45, 7) is 0.527. The van der Waals surface area contributed by atoms with Gasteiger partial charge < -0.3 is 10.4 Å². The maximum absolute atomic E-state index is 12.3. The van der Waals surface area contributed by atoms with Crippen molar-refractivity contribution in [3.8, 4) is 0 Å². The van der Waals surface area contributed by atoms with Crippen molar-refractivity contribution in [1.82, 2.24) is 4.90 Å². The molecule has 0 spiro atoms. The summed E-state index contributed by atoms with van der Waals surface area (Å²) in [5, 5.41) is 11.7. The van der Waals surface area contributed by atoms with Crippen LogP contribution < -0.4 is 5.32 Å². The van der Waals surface area contributed by atoms with Crippen molar-refractivity contribution in [2.75, 3.05) is 11.9 Å². The number of nitrogens with one attached hydrogen (secondary N) is 1. The highest BCUT2D eigenvalue weighted by Gasteiger charge is 2.31. The lowest BCUT2D eigenvalue weighted by Crippen LogP contribution is -2.28. The first kappa shape index (κ1) is 22.7. The monoisotopic (exact) mass is 454 g/mol. The van der Waals surface area contributed by atoms with Crippen LogP contribution in [0.25, 0.3) is 6.08 Å². The van der Waals surface area contributed by atoms with Crippen molar-refractivity contribution < 1.29 is 19.5 Å². The Morgan fingerprint density at radius 1 is 1.06 bits per heavy atom. The fraction of sp³-hybridized carbons (Fsp3) is 0.217. The van der Waals surface area contributed by atoms with Crippen molar-refractivity contribution in [3.05, 3.63) is 70.6 Å². The van der Waals surface area contributed by atoms with E-state index in [9.17, 15) is 14.4 Å². The van der Waals surface area contributed by atoms with Crippen molar-refractivity contribution in [3.63, 3.8) is 0 Å². The third-order valence-electron chi connectivity index (χ3n) is 4.65. The summed E-state index contributed by atoms with van der Waals surface area (Å²) in [7, 11) is 0. The van der Waals surface area contributed by atoms with E-state index >= 15 is 0 Å². The summed E-state index contributed by atoms with van der Waals surface area (Å²) in [6.07, 6.45) is 4.43. The van der Waals surface area contributed by atoms with Crippen molar-refractivity contribution in [2.24, 2.45) is 0 Å². The Labute approximate surface area is 190 Å². The number of benzene rings is 2. The van der Waals surface area contributed by atoms with Gasteiger partial charge in [0.25, 0.3) is 5.24 Å². The van der Waals surface area contributed by atoms with Crippen LogP contribution in [0, 0.1) is 0 Å². The van der Waals surface area contributed by atoms with Gasteiger partial charge in [0, 0.05) is 18.7 Å². The number of thiocarbonyl (C=S) groups is 1. The minimum atomic E-state index is -1.04. The Kier molecular flexibility index (Phi) is 7.97. The molecule has 1 heterocycles. The molecule has 1 aliphatic heterocycles. The molecule has 1 saturated heterocycles. The zero-order valence-electron chi connectivity index (χ0n) is 16.7. The van der Waals surface area contributed by atoms with Crippen molar-refractivity contribution >= 4 is 57.8 Å². The predicted octanol–water partition coefficient (Wildman–Crippen LogP) is 5.42. The number of hydrogen-bond acceptors (Lipinski definition) is 5. The van der Waals surface area contributed by atoms with Crippen molar-refractivity contribution in [1.29, 1.82) is 0 Å². The summed E-state index contributed by atoms with van der Waals surface area (Å²) in [5.74, 6) is -1.20. The molecular weight excluding hydrogens is 432 g/mol. The number of carboxylic acid groups (broad SMARTS) is 1. The number of nitrogens with zero attached hydrogens (tertiary/aromatic N) is 1. The number of hydrogen-bond donors (Lipinski definition) is 2. The Bertz CT molecular complexity index is 1020. The van der Waals surface area contributed by atoms with Gasteiger partial charge in [-0.05, 0) is 54.4 Å². The van der Waals surface area contributed by atoms with E-state index in [4.69, 9.17) is 17.3 Å². The normalized spacial score (nSPS) is 14.8. The van der Waals surface area contributed by atoms with E-state index in [2.05, 4.69) is 5.32 Å². The summed E-state index contributed by atoms with van der Waals surface area (Å²) < 4.78 is 0. The van der Waals surface area contributed by atoms with Gasteiger partial charge in [-0.25, -0.2) is 4.79 Å². The van der Waals surface area contributed by atoms with Crippen LogP contribution in [0.15, 0.2) is 59.5 Å². The van der Waals surface area contributed by atoms with Crippen LogP contribution in [-0.4, -0.2) is 38.7 Å². The second-order valence-electron chi connectivity index (χ2n) is 6.99. The van der Waals surface area contributed by atoms with Gasteiger partial charge in [-0.3, -0.25) is 14.5 Å². The van der Waals surface area contributed by atoms with Gasteiger partial charge >= 0.3 is 5.97 Å². The third-order valence-corrected chi connectivity index (χ3v) is 6.15. The average Bonchev–Trinajstić information content (AvgIpc) is 3.01. The van der Waals surface area contributed by atoms with E-state index in [0.717, 1.165) is 35.1 Å². The molecule has 31 heavy (non-hydrogen) atoms. The van der Waals surface area contributed by atoms with Gasteiger partial charge in [0.05, 0.1) is 10.5 Å². The molecule has 2 N–H and O–H groups in total. The number of rotatable bonds is 9. The highest BCUT2D eigenvalue weighted by atomic mass is 32.2. The largest absolute Gasteiger partial charge is 0.478 e. The molecule has 0 atom stereocenters. The topological polar surface area (TPSA) is 86.7 Å². The fourth-order valence-electron chi connectivity index (χ4n) is 3.08. The Hall–Kier alpha value is -2.97. The molecule has 6 nitrogen and oxygen atoms in total. The van der Waals surface area contributed by atoms with E-state index < -0.39 is 5.97 Å². The van der Waals surface area contributed by atoms with Crippen LogP contribution in [0.2, 0.25) is 0 Å². The number of unbranched alkanes of at least 4 members (excludes halogenated alkanes) is 2. The van der Waals surface area contributed by atoms with Crippen LogP contribution >= 0.6 is 24.0 Å². The van der Waals surface area contributed by atoms with E-state index in [1.165, 1.54) is 12.1 Å². The average molecular weight is 455 g/mol. The van der Waals surface area contributed by atoms with Gasteiger partial charge in [0.15, 0.2) is 0 Å². The molecule has 0 saturated carbocycles. The van der Waals surface area contributed by atoms with Crippen LogP contribution in [0.5, 0.6) is 0 Å². The molecule has 0 radical (unpaired) electrons. The lowest BCUT2D eigenvalue weighted by Gasteiger charge is -2.14. The molecule has 1 fully saturated rings. The van der Waals surface area contributed by atoms with Crippen LogP contribution in [-0.2, 0) is 4.79 Å². The zero-order chi connectivity index (χ0) is 22.2. The number of aromatic carboxylic acids is 1. The first-order valence-electron chi connectivity index (χ1n) is 9.87. The molecule has 0 bridgehead atoms. The maximum atomic E-state index is 12.3. The number of carboxylic acids is 1. The first-order chi connectivity index (χ1) is 14.9. The van der Waals surface area contributed by atoms with E-state index in [1.807, 2.05) is 36.4 Å². The number of amides is 2. The molecule has 3 rings (SSSR count). The Balaban J connectivity index is 1.40. The van der Waals surface area contributed by atoms with Crippen LogP contribution in [0.1, 0.15) is 41.6 Å². The number of thioether (sulfide) groups is 1. The molecule has 8 heteroatoms. The first-order valence-corrected chi connectivity index (χ1v) is 11.1. The number of carbonyl (C=O) groups is 3. The molecule has 2 amide bonds. The van der Waals surface area contributed by atoms with Gasteiger partial charge in [-0.2, -0.15) is 0 Å². The molecular formula is C23H22N2O4S2. The van der Waals surface area contributed by atoms with E-state index in [0.29, 0.717) is 30.1 Å². The fourth-order valence-corrected chi connectivity index (χ4v) is 4.37. The molecule has 0 aliphatic carbocycles. The van der Waals surface area contributed by atoms with E-state index in [1.54, 1.807) is 17.0 Å². The van der Waals surface area contributed by atoms with Gasteiger partial charge in [0.2, 0.25) is 5.91 Å². The molecule has 2 aromatic carbocycles. The van der Waals surface area contributed by atoms with Crippen LogP contribution in [0.3, 0.4) is 0 Å². The lowest BCUT2D eigenvalue weighted by molar-refractivity contribution is -0.116. The number of carbonyl (C=O) groups excluding carboxylic acids is 2. The zero-order valence-corrected chi connectivity index (χ0v) is 18.4. The van der Waals surface area contributed by atoms with Gasteiger partial charge in [0.1, 0.15) is 4.99 Å². The van der Waals surface area contributed by atoms with Gasteiger partial charge in [-0.15, -0.1) is 0 Å². The second-order valence-corrected chi connectivity index (χ2v) is 8.37. The molecule has 2 aromatic rings. The molecule has 0 unspecified atom stereocenters. The second kappa shape index (κ2) is 10.9. The summed E-state index contributed by atoms with van der Waals surface area (Å²) >= 11 is 6.62. The van der Waals surface area contributed by atoms with E-state index in [-0.39, 0.29) is 16.7 Å². The quantitative estimate of drug-likeness (QED) is 0.299. The highest BCUT2D eigenvalue weighted by molar-refractivity contribution is 8.19. The summed E-state index contributed by atoms with van der Waals surface area (Å²) in [5.41, 5.74) is 1.59.